The second-order valence-corrected chi connectivity index (χ2v) is 5.99. The van der Waals surface area contributed by atoms with Crippen molar-refractivity contribution in [3.8, 4) is 0 Å². The molecule has 0 aromatic heterocycles. The van der Waals surface area contributed by atoms with Crippen molar-refractivity contribution in [2.24, 2.45) is 0 Å². The monoisotopic (exact) mass is 240 g/mol. The number of hydrogen-bond donors (Lipinski definition) is 0. The molecule has 4 heteroatoms. The molecule has 1 rings (SSSR count). The van der Waals surface area contributed by atoms with Crippen molar-refractivity contribution >= 4 is 12.9 Å². The van der Waals surface area contributed by atoms with E-state index in [4.69, 9.17) is 9.31 Å². The zero-order chi connectivity index (χ0) is 13.1. The van der Waals surface area contributed by atoms with Crippen LogP contribution in [-0.4, -0.2) is 24.1 Å². The van der Waals surface area contributed by atoms with Gasteiger partial charge in [-0.3, -0.25) is 0 Å². The van der Waals surface area contributed by atoms with Crippen LogP contribution >= 0.6 is 0 Å². The first-order chi connectivity index (χ1) is 7.74. The molecule has 98 valence electrons. The lowest BCUT2D eigenvalue weighted by Crippen LogP contribution is -2.41. The Bertz CT molecular complexity index is 258. The van der Waals surface area contributed by atoms with Crippen molar-refractivity contribution in [2.75, 3.05) is 0 Å². The molecule has 0 aromatic rings. The van der Waals surface area contributed by atoms with Crippen LogP contribution in [0.25, 0.3) is 0 Å². The summed E-state index contributed by atoms with van der Waals surface area (Å²) < 4.78 is 11.8. The van der Waals surface area contributed by atoms with Crippen LogP contribution in [0.1, 0.15) is 60.3 Å². The Morgan fingerprint density at radius 2 is 1.53 bits per heavy atom. The quantitative estimate of drug-likeness (QED) is 0.528. The van der Waals surface area contributed by atoms with E-state index in [-0.39, 0.29) is 24.1 Å². The summed E-state index contributed by atoms with van der Waals surface area (Å²) in [7, 11) is -0.0858. The highest BCUT2D eigenvalue weighted by Gasteiger charge is 2.50. The summed E-state index contributed by atoms with van der Waals surface area (Å²) in [6.07, 6.45) is 4.73. The molecule has 0 radical (unpaired) electrons. The molecule has 0 atom stereocenters. The predicted molar refractivity (Wildman–Crippen MR) is 70.0 cm³/mol. The number of Topliss-reactive ketones (excluding diaryl/α,β-unsaturated/α-hetero) is 1. The van der Waals surface area contributed by atoms with E-state index >= 15 is 0 Å². The lowest BCUT2D eigenvalue weighted by atomic mass is 9.82. The smallest absolute Gasteiger partial charge is 0.403 e. The van der Waals surface area contributed by atoms with Crippen LogP contribution in [0.15, 0.2) is 0 Å². The zero-order valence-electron chi connectivity index (χ0n) is 11.8. The normalized spacial score (nSPS) is 21.8. The highest BCUT2D eigenvalue weighted by molar-refractivity contribution is 6.45. The van der Waals surface area contributed by atoms with Gasteiger partial charge in [0.1, 0.15) is 5.78 Å². The molecular formula is C13H25BO3. The maximum Gasteiger partial charge on any atom is 0.457 e. The fraction of sp³-hybridized carbons (Fsp3) is 0.923. The molecule has 0 unspecified atom stereocenters. The minimum Gasteiger partial charge on any atom is -0.403 e. The third-order valence-electron chi connectivity index (χ3n) is 3.77. The van der Waals surface area contributed by atoms with Gasteiger partial charge in [0.25, 0.3) is 0 Å². The van der Waals surface area contributed by atoms with Gasteiger partial charge < -0.3 is 14.1 Å². The van der Waals surface area contributed by atoms with Crippen LogP contribution in [0.2, 0.25) is 6.32 Å². The molecule has 1 aliphatic rings. The Hall–Kier alpha value is -0.345. The molecule has 1 fully saturated rings. The average molecular weight is 240 g/mol. The lowest BCUT2D eigenvalue weighted by Gasteiger charge is -2.32. The summed E-state index contributed by atoms with van der Waals surface area (Å²) in [6, 6.07) is 0. The molecule has 0 N–H and O–H groups in total. The Balaban J connectivity index is 2.20. The highest BCUT2D eigenvalue weighted by atomic mass is 16.7. The minimum atomic E-state index is -0.225. The van der Waals surface area contributed by atoms with Gasteiger partial charge >= 0.3 is 7.12 Å². The number of unbranched alkanes of at least 4 members (excludes halogenated alkanes) is 2. The fourth-order valence-electron chi connectivity index (χ4n) is 1.94. The maximum atomic E-state index is 10.8. The summed E-state index contributed by atoms with van der Waals surface area (Å²) in [5.41, 5.74) is -0.450. The summed E-state index contributed by atoms with van der Waals surface area (Å²) in [5.74, 6) is 0.278. The second kappa shape index (κ2) is 5.53. The molecule has 0 saturated carbocycles. The molecule has 0 aromatic carbocycles. The van der Waals surface area contributed by atoms with Crippen LogP contribution in [0.5, 0.6) is 0 Å². The molecule has 0 bridgehead atoms. The van der Waals surface area contributed by atoms with E-state index in [1.54, 1.807) is 6.92 Å². The van der Waals surface area contributed by atoms with E-state index in [0.29, 0.717) is 6.42 Å². The molecule has 0 aliphatic carbocycles. The van der Waals surface area contributed by atoms with Crippen LogP contribution in [0.4, 0.5) is 0 Å². The fourth-order valence-corrected chi connectivity index (χ4v) is 1.94. The first-order valence-electron chi connectivity index (χ1n) is 6.60. The Morgan fingerprint density at radius 3 is 2.00 bits per heavy atom. The van der Waals surface area contributed by atoms with E-state index in [1.165, 1.54) is 0 Å². The Morgan fingerprint density at radius 1 is 1.00 bits per heavy atom. The molecule has 0 amide bonds. The lowest BCUT2D eigenvalue weighted by molar-refractivity contribution is -0.117. The van der Waals surface area contributed by atoms with Gasteiger partial charge in [0.2, 0.25) is 0 Å². The van der Waals surface area contributed by atoms with Crippen molar-refractivity contribution in [1.29, 1.82) is 0 Å². The summed E-state index contributed by atoms with van der Waals surface area (Å²) in [4.78, 5) is 10.8. The van der Waals surface area contributed by atoms with Gasteiger partial charge in [-0.05, 0) is 47.4 Å². The number of carbonyl (C=O) groups is 1. The van der Waals surface area contributed by atoms with Crippen molar-refractivity contribution in [3.05, 3.63) is 0 Å². The van der Waals surface area contributed by atoms with Gasteiger partial charge in [-0.25, -0.2) is 0 Å². The van der Waals surface area contributed by atoms with E-state index in [0.717, 1.165) is 25.6 Å². The Kier molecular flexibility index (Phi) is 4.79. The van der Waals surface area contributed by atoms with Gasteiger partial charge in [-0.15, -0.1) is 0 Å². The number of carbonyl (C=O) groups excluding carboxylic acids is 1. The second-order valence-electron chi connectivity index (χ2n) is 5.99. The Labute approximate surface area is 105 Å². The van der Waals surface area contributed by atoms with Crippen molar-refractivity contribution in [1.82, 2.24) is 0 Å². The molecule has 1 aliphatic heterocycles. The van der Waals surface area contributed by atoms with E-state index in [2.05, 4.69) is 27.7 Å². The molecule has 3 nitrogen and oxygen atoms in total. The van der Waals surface area contributed by atoms with E-state index in [1.807, 2.05) is 0 Å². The van der Waals surface area contributed by atoms with E-state index in [9.17, 15) is 4.79 Å². The van der Waals surface area contributed by atoms with Gasteiger partial charge in [-0.2, -0.15) is 0 Å². The molecular weight excluding hydrogens is 215 g/mol. The van der Waals surface area contributed by atoms with E-state index < -0.39 is 0 Å². The van der Waals surface area contributed by atoms with Crippen LogP contribution in [0.3, 0.4) is 0 Å². The zero-order valence-corrected chi connectivity index (χ0v) is 11.8. The summed E-state index contributed by atoms with van der Waals surface area (Å²) in [6.45, 7) is 9.94. The standard InChI is InChI=1S/C13H25BO3/c1-11(15)9-7-6-8-10-14-16-12(2,3)13(4,5)17-14/h6-10H2,1-5H3. The minimum absolute atomic E-state index is 0.0858. The molecule has 0 spiro atoms. The van der Waals surface area contributed by atoms with Gasteiger partial charge in [-0.1, -0.05) is 12.8 Å². The van der Waals surface area contributed by atoms with Gasteiger partial charge in [0, 0.05) is 6.42 Å². The van der Waals surface area contributed by atoms with Crippen LogP contribution in [-0.2, 0) is 14.1 Å². The summed E-state index contributed by atoms with van der Waals surface area (Å²) in [5, 5.41) is 0. The number of ketones is 1. The maximum absolute atomic E-state index is 10.8. The average Bonchev–Trinajstić information content (AvgIpc) is 2.34. The molecule has 17 heavy (non-hydrogen) atoms. The first-order valence-corrected chi connectivity index (χ1v) is 6.60. The molecule has 1 saturated heterocycles. The highest BCUT2D eigenvalue weighted by Crippen LogP contribution is 2.38. The van der Waals surface area contributed by atoms with Crippen LogP contribution in [0, 0.1) is 0 Å². The van der Waals surface area contributed by atoms with Gasteiger partial charge in [0.05, 0.1) is 11.2 Å². The third kappa shape index (κ3) is 4.11. The molecule has 1 heterocycles. The van der Waals surface area contributed by atoms with Crippen molar-refractivity contribution in [3.63, 3.8) is 0 Å². The predicted octanol–water partition coefficient (Wildman–Crippen LogP) is 3.23. The van der Waals surface area contributed by atoms with Crippen LogP contribution < -0.4 is 0 Å². The van der Waals surface area contributed by atoms with Crippen molar-refractivity contribution < 1.29 is 14.1 Å². The topological polar surface area (TPSA) is 35.5 Å². The first kappa shape index (κ1) is 14.7. The largest absolute Gasteiger partial charge is 0.457 e. The van der Waals surface area contributed by atoms with Crippen molar-refractivity contribution in [2.45, 2.75) is 77.8 Å². The van der Waals surface area contributed by atoms with Gasteiger partial charge in [0.15, 0.2) is 0 Å². The summed E-state index contributed by atoms with van der Waals surface area (Å²) >= 11 is 0. The SMILES string of the molecule is CC(=O)CCCCCB1OC(C)(C)C(C)(C)O1. The third-order valence-corrected chi connectivity index (χ3v) is 3.77. The number of rotatable bonds is 6. The number of hydrogen-bond acceptors (Lipinski definition) is 3.